The van der Waals surface area contributed by atoms with Crippen molar-refractivity contribution in [2.75, 3.05) is 20.1 Å². The van der Waals surface area contributed by atoms with Crippen molar-refractivity contribution in [1.82, 2.24) is 10.2 Å². The van der Waals surface area contributed by atoms with Gasteiger partial charge in [-0.1, -0.05) is 44.8 Å². The largest absolute Gasteiger partial charge is 0.393 e. The third kappa shape index (κ3) is 6.87. The summed E-state index contributed by atoms with van der Waals surface area (Å²) in [5.74, 6) is 0.259. The second kappa shape index (κ2) is 8.48. The predicted octanol–water partition coefficient (Wildman–Crippen LogP) is 1.68. The van der Waals surface area contributed by atoms with Gasteiger partial charge < -0.3 is 11.1 Å². The lowest BCUT2D eigenvalue weighted by Crippen LogP contribution is -2.42. The fraction of sp³-hybridized carbons (Fsp3) is 0.857. The molecule has 0 spiro atoms. The first-order valence-corrected chi connectivity index (χ1v) is 7.67. The van der Waals surface area contributed by atoms with E-state index in [1.165, 1.54) is 25.7 Å². The number of nitrogens with zero attached hydrogens (tertiary/aromatic N) is 1. The molecule has 19 heavy (non-hydrogen) atoms. The Kier molecular flexibility index (Phi) is 7.31. The highest BCUT2D eigenvalue weighted by Crippen LogP contribution is 2.17. The van der Waals surface area contributed by atoms with E-state index >= 15 is 0 Å². The lowest BCUT2D eigenvalue weighted by Gasteiger charge is -2.22. The first-order chi connectivity index (χ1) is 8.99. The van der Waals surface area contributed by atoms with E-state index in [0.29, 0.717) is 17.6 Å². The summed E-state index contributed by atoms with van der Waals surface area (Å²) in [6, 6.07) is 0.372. The number of hydrogen-bond acceptors (Lipinski definition) is 3. The molecule has 1 fully saturated rings. The van der Waals surface area contributed by atoms with Crippen LogP contribution in [0.1, 0.15) is 45.4 Å². The van der Waals surface area contributed by atoms with Crippen molar-refractivity contribution in [2.45, 2.75) is 51.5 Å². The molecule has 0 aliphatic heterocycles. The third-order valence-corrected chi connectivity index (χ3v) is 4.11. The summed E-state index contributed by atoms with van der Waals surface area (Å²) < 4.78 is 0. The van der Waals surface area contributed by atoms with Crippen LogP contribution in [-0.4, -0.2) is 42.0 Å². The molecule has 0 saturated heterocycles. The molecule has 3 N–H and O–H groups in total. The topological polar surface area (TPSA) is 58.4 Å². The number of nitrogens with two attached hydrogens (primary N) is 1. The Morgan fingerprint density at radius 3 is 2.47 bits per heavy atom. The minimum atomic E-state index is 0.115. The first-order valence-electron chi connectivity index (χ1n) is 7.26. The van der Waals surface area contributed by atoms with E-state index in [-0.39, 0.29) is 11.8 Å². The van der Waals surface area contributed by atoms with Gasteiger partial charge in [-0.05, 0) is 19.9 Å². The molecule has 0 aromatic rings. The zero-order chi connectivity index (χ0) is 14.3. The van der Waals surface area contributed by atoms with Gasteiger partial charge in [-0.15, -0.1) is 0 Å². The maximum atomic E-state index is 12.0. The van der Waals surface area contributed by atoms with Gasteiger partial charge in [-0.3, -0.25) is 9.69 Å². The molecule has 0 bridgehead atoms. The van der Waals surface area contributed by atoms with Crippen LogP contribution in [-0.2, 0) is 4.79 Å². The Hall–Kier alpha value is -0.680. The van der Waals surface area contributed by atoms with Crippen molar-refractivity contribution >= 4 is 23.1 Å². The first kappa shape index (κ1) is 16.4. The van der Waals surface area contributed by atoms with Gasteiger partial charge in [-0.25, -0.2) is 0 Å². The smallest absolute Gasteiger partial charge is 0.234 e. The molecule has 0 aromatic carbocycles. The van der Waals surface area contributed by atoms with Crippen LogP contribution in [0.4, 0.5) is 0 Å². The summed E-state index contributed by atoms with van der Waals surface area (Å²) in [5, 5.41) is 3.15. The molecule has 1 aliphatic carbocycles. The van der Waals surface area contributed by atoms with Crippen molar-refractivity contribution in [3.8, 4) is 0 Å². The summed E-state index contributed by atoms with van der Waals surface area (Å²) in [4.78, 5) is 14.5. The highest BCUT2D eigenvalue weighted by molar-refractivity contribution is 7.80. The highest BCUT2D eigenvalue weighted by atomic mass is 32.1. The van der Waals surface area contributed by atoms with Gasteiger partial charge in [0.25, 0.3) is 0 Å². The standard InChI is InChI=1S/C14H27N3OS/c1-11(14(15)19)9-17(2)10-13(18)16-12-7-5-3-4-6-8-12/h11-12H,3-10H2,1-2H3,(H2,15,19)(H,16,18). The molecule has 0 heterocycles. The molecule has 1 amide bonds. The van der Waals surface area contributed by atoms with Crippen molar-refractivity contribution in [1.29, 1.82) is 0 Å². The van der Waals surface area contributed by atoms with E-state index in [4.69, 9.17) is 18.0 Å². The summed E-state index contributed by atoms with van der Waals surface area (Å²) in [7, 11) is 1.93. The Morgan fingerprint density at radius 1 is 1.37 bits per heavy atom. The summed E-state index contributed by atoms with van der Waals surface area (Å²) >= 11 is 4.95. The second-order valence-electron chi connectivity index (χ2n) is 5.76. The number of nitrogens with one attached hydrogen (secondary N) is 1. The number of carbonyl (C=O) groups excluding carboxylic acids is 1. The van der Waals surface area contributed by atoms with Crippen LogP contribution in [0, 0.1) is 5.92 Å². The normalized spacial score (nSPS) is 18.9. The van der Waals surface area contributed by atoms with E-state index < -0.39 is 0 Å². The lowest BCUT2D eigenvalue weighted by molar-refractivity contribution is -0.122. The summed E-state index contributed by atoms with van der Waals surface area (Å²) in [5.41, 5.74) is 5.59. The maximum Gasteiger partial charge on any atom is 0.234 e. The zero-order valence-electron chi connectivity index (χ0n) is 12.2. The number of amides is 1. The highest BCUT2D eigenvalue weighted by Gasteiger charge is 2.16. The van der Waals surface area contributed by atoms with Crippen molar-refractivity contribution in [2.24, 2.45) is 11.7 Å². The molecule has 1 aliphatic rings. The van der Waals surface area contributed by atoms with Crippen LogP contribution >= 0.6 is 12.2 Å². The van der Waals surface area contributed by atoms with Crippen LogP contribution in [0.3, 0.4) is 0 Å². The fourth-order valence-corrected chi connectivity index (χ4v) is 2.64. The van der Waals surface area contributed by atoms with Crippen LogP contribution in [0.25, 0.3) is 0 Å². The average Bonchev–Trinajstić information content (AvgIpc) is 2.56. The molecule has 5 heteroatoms. The van der Waals surface area contributed by atoms with E-state index in [1.807, 2.05) is 18.9 Å². The molecule has 1 rings (SSSR count). The van der Waals surface area contributed by atoms with E-state index in [0.717, 1.165) is 19.4 Å². The molecular weight excluding hydrogens is 258 g/mol. The van der Waals surface area contributed by atoms with Gasteiger partial charge in [0.05, 0.1) is 11.5 Å². The van der Waals surface area contributed by atoms with Crippen LogP contribution < -0.4 is 11.1 Å². The second-order valence-corrected chi connectivity index (χ2v) is 6.23. The van der Waals surface area contributed by atoms with Gasteiger partial charge >= 0.3 is 0 Å². The van der Waals surface area contributed by atoms with E-state index in [9.17, 15) is 4.79 Å². The number of likely N-dealkylation sites (N-methyl/N-ethyl adjacent to an activating group) is 1. The van der Waals surface area contributed by atoms with Gasteiger partial charge in [0.1, 0.15) is 0 Å². The van der Waals surface area contributed by atoms with Crippen molar-refractivity contribution in [3.63, 3.8) is 0 Å². The summed E-state index contributed by atoms with van der Waals surface area (Å²) in [6.07, 6.45) is 7.32. The molecule has 0 radical (unpaired) electrons. The van der Waals surface area contributed by atoms with E-state index in [2.05, 4.69) is 5.32 Å². The van der Waals surface area contributed by atoms with Gasteiger partial charge in [0.2, 0.25) is 5.91 Å². The van der Waals surface area contributed by atoms with Crippen molar-refractivity contribution in [3.05, 3.63) is 0 Å². The molecule has 110 valence electrons. The minimum Gasteiger partial charge on any atom is -0.393 e. The Morgan fingerprint density at radius 2 is 1.95 bits per heavy atom. The average molecular weight is 285 g/mol. The zero-order valence-corrected chi connectivity index (χ0v) is 13.0. The molecule has 4 nitrogen and oxygen atoms in total. The fourth-order valence-electron chi connectivity index (χ4n) is 2.56. The molecular formula is C14H27N3OS. The number of thiocarbonyl (C=S) groups is 1. The third-order valence-electron chi connectivity index (χ3n) is 3.71. The van der Waals surface area contributed by atoms with Gasteiger partial charge in [0.15, 0.2) is 0 Å². The quantitative estimate of drug-likeness (QED) is 0.576. The molecule has 1 atom stereocenters. The summed E-state index contributed by atoms with van der Waals surface area (Å²) in [6.45, 7) is 3.14. The van der Waals surface area contributed by atoms with Crippen LogP contribution in [0.5, 0.6) is 0 Å². The van der Waals surface area contributed by atoms with Gasteiger partial charge in [-0.2, -0.15) is 0 Å². The number of rotatable bonds is 6. The van der Waals surface area contributed by atoms with Crippen LogP contribution in [0.15, 0.2) is 0 Å². The Balaban J connectivity index is 2.27. The molecule has 1 unspecified atom stereocenters. The minimum absolute atomic E-state index is 0.115. The van der Waals surface area contributed by atoms with Gasteiger partial charge in [0, 0.05) is 18.5 Å². The maximum absolute atomic E-state index is 12.0. The number of hydrogen-bond donors (Lipinski definition) is 2. The number of carbonyl (C=O) groups is 1. The monoisotopic (exact) mass is 285 g/mol. The molecule has 0 aromatic heterocycles. The molecule has 1 saturated carbocycles. The lowest BCUT2D eigenvalue weighted by atomic mass is 10.1. The Bertz CT molecular complexity index is 301. The predicted molar refractivity (Wildman–Crippen MR) is 83.1 cm³/mol. The van der Waals surface area contributed by atoms with Crippen molar-refractivity contribution < 1.29 is 4.79 Å². The van der Waals surface area contributed by atoms with Crippen LogP contribution in [0.2, 0.25) is 0 Å². The van der Waals surface area contributed by atoms with E-state index in [1.54, 1.807) is 0 Å². The Labute approximate surface area is 122 Å². The SMILES string of the molecule is CC(CN(C)CC(=O)NC1CCCCCC1)C(N)=S.